The van der Waals surface area contributed by atoms with Crippen LogP contribution in [-0.2, 0) is 11.8 Å². The molecule has 0 unspecified atom stereocenters. The molecule has 0 radical (unpaired) electrons. The van der Waals surface area contributed by atoms with Gasteiger partial charge in [-0.2, -0.15) is 5.10 Å². The third-order valence-corrected chi connectivity index (χ3v) is 5.48. The number of carbonyl (C=O) groups excluding carboxylic acids is 2. The molecule has 8 heteroatoms. The van der Waals surface area contributed by atoms with Gasteiger partial charge < -0.3 is 10.1 Å². The monoisotopic (exact) mass is 435 g/mol. The van der Waals surface area contributed by atoms with Gasteiger partial charge in [0.2, 0.25) is 0 Å². The maximum atomic E-state index is 12.8. The second-order valence-corrected chi connectivity index (χ2v) is 7.65. The summed E-state index contributed by atoms with van der Waals surface area (Å²) in [5.74, 6) is -0.725. The number of nitrogens with one attached hydrogen (secondary N) is 1. The molecule has 0 spiro atoms. The van der Waals surface area contributed by atoms with Crippen LogP contribution in [0.3, 0.4) is 0 Å². The van der Waals surface area contributed by atoms with Crippen molar-refractivity contribution in [1.29, 1.82) is 0 Å². The van der Waals surface area contributed by atoms with Gasteiger partial charge in [0.05, 0.1) is 18.5 Å². The van der Waals surface area contributed by atoms with E-state index in [-0.39, 0.29) is 11.6 Å². The van der Waals surface area contributed by atoms with Gasteiger partial charge in [-0.1, -0.05) is 19.8 Å². The first-order valence-corrected chi connectivity index (χ1v) is 10.7. The van der Waals surface area contributed by atoms with Gasteiger partial charge in [0.15, 0.2) is 0 Å². The Morgan fingerprint density at radius 3 is 2.47 bits per heavy atom. The largest absolute Gasteiger partial charge is 0.461 e. The van der Waals surface area contributed by atoms with Crippen molar-refractivity contribution in [3.8, 4) is 22.4 Å². The van der Waals surface area contributed by atoms with Crippen LogP contribution in [0.5, 0.6) is 0 Å². The van der Waals surface area contributed by atoms with Crippen LogP contribution in [0.15, 0.2) is 30.6 Å². The zero-order chi connectivity index (χ0) is 23.3. The average Bonchev–Trinajstić information content (AvgIpc) is 3.14. The van der Waals surface area contributed by atoms with E-state index in [1.54, 1.807) is 42.3 Å². The fraction of sp³-hybridized carbons (Fsp3) is 0.375. The average molecular weight is 436 g/mol. The first kappa shape index (κ1) is 23.1. The van der Waals surface area contributed by atoms with Crippen LogP contribution in [0, 0.1) is 13.8 Å². The maximum absolute atomic E-state index is 12.8. The lowest BCUT2D eigenvalue weighted by Gasteiger charge is -2.14. The number of nitrogens with zero attached hydrogens (tertiary/aromatic N) is 4. The predicted molar refractivity (Wildman–Crippen MR) is 122 cm³/mol. The van der Waals surface area contributed by atoms with Crippen LogP contribution in [0.2, 0.25) is 0 Å². The number of rotatable bonds is 8. The number of ether oxygens (including phenoxy) is 1. The Kier molecular flexibility index (Phi) is 7.35. The van der Waals surface area contributed by atoms with E-state index in [4.69, 9.17) is 4.74 Å². The first-order valence-electron chi connectivity index (χ1n) is 10.7. The molecule has 1 N–H and O–H groups in total. The van der Waals surface area contributed by atoms with Crippen molar-refractivity contribution in [2.24, 2.45) is 7.05 Å². The lowest BCUT2D eigenvalue weighted by molar-refractivity contribution is 0.0491. The van der Waals surface area contributed by atoms with Crippen molar-refractivity contribution in [3.05, 3.63) is 53.2 Å². The van der Waals surface area contributed by atoms with Gasteiger partial charge in [-0.05, 0) is 49.6 Å². The third-order valence-electron chi connectivity index (χ3n) is 5.48. The number of esters is 1. The quantitative estimate of drug-likeness (QED) is 0.426. The minimum Gasteiger partial charge on any atom is -0.461 e. The van der Waals surface area contributed by atoms with E-state index in [1.165, 1.54) is 0 Å². The van der Waals surface area contributed by atoms with Gasteiger partial charge >= 0.3 is 5.97 Å². The Labute approximate surface area is 188 Å². The van der Waals surface area contributed by atoms with Crippen LogP contribution < -0.4 is 5.32 Å². The molecule has 0 aliphatic heterocycles. The molecule has 1 amide bonds. The molecule has 168 valence electrons. The Balaban J connectivity index is 2.07. The van der Waals surface area contributed by atoms with Crippen LogP contribution in [-0.4, -0.2) is 45.3 Å². The van der Waals surface area contributed by atoms with E-state index in [9.17, 15) is 9.59 Å². The van der Waals surface area contributed by atoms with Crippen LogP contribution in [0.4, 0.5) is 0 Å². The molecular formula is C24H29N5O3. The SMILES string of the molecule is CCCCCOC(=O)c1cc(-c2cnn(C)c2C)c(C)c(-c2ccc(C(=O)NC)nc2)n1. The van der Waals surface area contributed by atoms with Gasteiger partial charge in [-0.15, -0.1) is 0 Å². The van der Waals surface area contributed by atoms with E-state index >= 15 is 0 Å². The number of unbranched alkanes of at least 4 members (excludes halogenated alkanes) is 2. The normalized spacial score (nSPS) is 10.8. The zero-order valence-electron chi connectivity index (χ0n) is 19.2. The summed E-state index contributed by atoms with van der Waals surface area (Å²) in [6, 6.07) is 5.18. The minimum absolute atomic E-state index is 0.232. The number of aryl methyl sites for hydroxylation is 1. The van der Waals surface area contributed by atoms with Crippen molar-refractivity contribution < 1.29 is 14.3 Å². The molecule has 0 aliphatic rings. The molecule has 8 nitrogen and oxygen atoms in total. The minimum atomic E-state index is -0.458. The summed E-state index contributed by atoms with van der Waals surface area (Å²) in [5.41, 5.74) is 5.50. The predicted octanol–water partition coefficient (Wildman–Crippen LogP) is 3.87. The molecule has 0 bridgehead atoms. The smallest absolute Gasteiger partial charge is 0.356 e. The van der Waals surface area contributed by atoms with Crippen molar-refractivity contribution in [1.82, 2.24) is 25.1 Å². The van der Waals surface area contributed by atoms with E-state index in [1.807, 2.05) is 20.9 Å². The lowest BCUT2D eigenvalue weighted by Crippen LogP contribution is -2.19. The molecule has 3 rings (SSSR count). The van der Waals surface area contributed by atoms with Crippen molar-refractivity contribution in [3.63, 3.8) is 0 Å². The lowest BCUT2D eigenvalue weighted by atomic mass is 9.96. The molecule has 0 fully saturated rings. The number of pyridine rings is 2. The highest BCUT2D eigenvalue weighted by atomic mass is 16.5. The molecule has 0 aliphatic carbocycles. The summed E-state index contributed by atoms with van der Waals surface area (Å²) < 4.78 is 7.25. The standard InChI is InChI=1S/C24H29N5O3/c1-6-7-8-11-32-24(31)21-12-18(19-14-27-29(5)16(19)3)15(2)22(28-21)17-9-10-20(26-13-17)23(30)25-4/h9-10,12-14H,6-8,11H2,1-5H3,(H,25,30). The van der Waals surface area contributed by atoms with Gasteiger partial charge in [0.1, 0.15) is 11.4 Å². The Morgan fingerprint density at radius 1 is 1.09 bits per heavy atom. The molecule has 0 aromatic carbocycles. The summed E-state index contributed by atoms with van der Waals surface area (Å²) in [6.07, 6.45) is 6.25. The summed E-state index contributed by atoms with van der Waals surface area (Å²) in [7, 11) is 3.43. The van der Waals surface area contributed by atoms with Crippen LogP contribution in [0.25, 0.3) is 22.4 Å². The highest BCUT2D eigenvalue weighted by molar-refractivity contribution is 5.93. The molecule has 0 saturated heterocycles. The molecule has 32 heavy (non-hydrogen) atoms. The van der Waals surface area contributed by atoms with Crippen molar-refractivity contribution >= 4 is 11.9 Å². The van der Waals surface area contributed by atoms with Crippen LogP contribution in [0.1, 0.15) is 58.4 Å². The fourth-order valence-electron chi connectivity index (χ4n) is 3.42. The highest BCUT2D eigenvalue weighted by Crippen LogP contribution is 2.33. The molecule has 3 heterocycles. The number of hydrogen-bond acceptors (Lipinski definition) is 6. The fourth-order valence-corrected chi connectivity index (χ4v) is 3.42. The van der Waals surface area contributed by atoms with E-state index < -0.39 is 5.97 Å². The van der Waals surface area contributed by atoms with Crippen molar-refractivity contribution in [2.75, 3.05) is 13.7 Å². The second-order valence-electron chi connectivity index (χ2n) is 7.65. The first-order chi connectivity index (χ1) is 15.4. The molecule has 0 atom stereocenters. The molecule has 3 aromatic rings. The Hall–Kier alpha value is -3.55. The topological polar surface area (TPSA) is 99.0 Å². The number of amides is 1. The third kappa shape index (κ3) is 4.85. The Bertz CT molecular complexity index is 1120. The highest BCUT2D eigenvalue weighted by Gasteiger charge is 2.20. The summed E-state index contributed by atoms with van der Waals surface area (Å²) in [6.45, 7) is 6.39. The molecule has 0 saturated carbocycles. The van der Waals surface area contributed by atoms with Crippen molar-refractivity contribution in [2.45, 2.75) is 40.0 Å². The van der Waals surface area contributed by atoms with Crippen LogP contribution >= 0.6 is 0 Å². The van der Waals surface area contributed by atoms with Gasteiger partial charge in [-0.3, -0.25) is 14.5 Å². The van der Waals surface area contributed by atoms with E-state index in [0.717, 1.165) is 41.6 Å². The number of aromatic nitrogens is 4. The summed E-state index contributed by atoms with van der Waals surface area (Å²) in [4.78, 5) is 33.5. The van der Waals surface area contributed by atoms with E-state index in [0.29, 0.717) is 23.6 Å². The number of carbonyl (C=O) groups is 2. The Morgan fingerprint density at radius 2 is 1.88 bits per heavy atom. The summed E-state index contributed by atoms with van der Waals surface area (Å²) in [5, 5.41) is 6.90. The number of hydrogen-bond donors (Lipinski definition) is 1. The van der Waals surface area contributed by atoms with Gasteiger partial charge in [-0.25, -0.2) is 9.78 Å². The molecular weight excluding hydrogens is 406 g/mol. The van der Waals surface area contributed by atoms with Gasteiger partial charge in [0, 0.05) is 37.1 Å². The summed E-state index contributed by atoms with van der Waals surface area (Å²) >= 11 is 0. The zero-order valence-corrected chi connectivity index (χ0v) is 19.2. The van der Waals surface area contributed by atoms with Gasteiger partial charge in [0.25, 0.3) is 5.91 Å². The van der Waals surface area contributed by atoms with E-state index in [2.05, 4.69) is 27.3 Å². The maximum Gasteiger partial charge on any atom is 0.356 e. The molecule has 3 aromatic heterocycles. The second kappa shape index (κ2) is 10.2.